The zero-order valence-corrected chi connectivity index (χ0v) is 15.6. The second kappa shape index (κ2) is 8.10. The van der Waals surface area contributed by atoms with Crippen molar-refractivity contribution in [2.45, 2.75) is 13.5 Å². The van der Waals surface area contributed by atoms with Crippen LogP contribution in [0.3, 0.4) is 0 Å². The summed E-state index contributed by atoms with van der Waals surface area (Å²) in [7, 11) is 0. The zero-order valence-electron chi connectivity index (χ0n) is 14.8. The third-order valence-electron chi connectivity index (χ3n) is 4.01. The molecule has 1 heterocycles. The van der Waals surface area contributed by atoms with Crippen LogP contribution in [0.15, 0.2) is 52.1 Å². The van der Waals surface area contributed by atoms with Gasteiger partial charge < -0.3 is 10.1 Å². The molecule has 0 aliphatic heterocycles. The molecule has 0 aliphatic rings. The van der Waals surface area contributed by atoms with Gasteiger partial charge in [0.25, 0.3) is 17.0 Å². The first kappa shape index (κ1) is 19.4. The van der Waals surface area contributed by atoms with Gasteiger partial charge in [0.2, 0.25) is 0 Å². The van der Waals surface area contributed by atoms with Gasteiger partial charge in [0.05, 0.1) is 10.8 Å². The molecule has 3 aromatic rings. The molecule has 1 aromatic heterocycles. The number of anilines is 1. The van der Waals surface area contributed by atoms with Crippen molar-refractivity contribution in [2.75, 3.05) is 11.9 Å². The van der Waals surface area contributed by atoms with Gasteiger partial charge in [-0.1, -0.05) is 29.8 Å². The first-order chi connectivity index (χ1) is 13.3. The van der Waals surface area contributed by atoms with E-state index < -0.39 is 36.1 Å². The fourth-order valence-electron chi connectivity index (χ4n) is 2.59. The van der Waals surface area contributed by atoms with Gasteiger partial charge in [-0.3, -0.25) is 24.3 Å². The quantitative estimate of drug-likeness (QED) is 0.634. The Bertz CT molecular complexity index is 1180. The largest absolute Gasteiger partial charge is 0.454 e. The predicted molar refractivity (Wildman–Crippen MR) is 105 cm³/mol. The second-order valence-electron chi connectivity index (χ2n) is 6.05. The van der Waals surface area contributed by atoms with Gasteiger partial charge in [-0.15, -0.1) is 0 Å². The third kappa shape index (κ3) is 4.29. The Hall–Kier alpha value is -3.39. The Balaban J connectivity index is 1.65. The maximum Gasteiger partial charge on any atom is 0.328 e. The summed E-state index contributed by atoms with van der Waals surface area (Å²) in [5, 5.41) is 5.79. The summed E-state index contributed by atoms with van der Waals surface area (Å²) in [5.74, 6) is -1.40. The van der Waals surface area contributed by atoms with E-state index in [1.165, 1.54) is 12.1 Å². The number of halogens is 1. The van der Waals surface area contributed by atoms with Crippen LogP contribution in [0, 0.1) is 6.92 Å². The maximum atomic E-state index is 12.4. The Morgan fingerprint density at radius 2 is 1.86 bits per heavy atom. The van der Waals surface area contributed by atoms with Crippen LogP contribution in [-0.2, 0) is 20.9 Å². The monoisotopic (exact) mass is 401 g/mol. The molecule has 3 rings (SSSR count). The van der Waals surface area contributed by atoms with Gasteiger partial charge in [-0.05, 0) is 36.8 Å². The van der Waals surface area contributed by atoms with Crippen LogP contribution < -0.4 is 16.4 Å². The Morgan fingerprint density at radius 3 is 2.61 bits per heavy atom. The van der Waals surface area contributed by atoms with Gasteiger partial charge in [0, 0.05) is 10.7 Å². The van der Waals surface area contributed by atoms with E-state index in [-0.39, 0.29) is 10.8 Å². The van der Waals surface area contributed by atoms with Crippen molar-refractivity contribution >= 4 is 39.9 Å². The number of aryl methyl sites for hydroxylation is 1. The van der Waals surface area contributed by atoms with Crippen molar-refractivity contribution in [2.24, 2.45) is 0 Å². The summed E-state index contributed by atoms with van der Waals surface area (Å²) < 4.78 is 5.74. The molecule has 1 amide bonds. The number of rotatable bonds is 5. The van der Waals surface area contributed by atoms with Gasteiger partial charge in [-0.25, -0.2) is 4.68 Å². The number of carbonyl (C=O) groups is 2. The molecule has 0 bridgehead atoms. The molecule has 0 fully saturated rings. The lowest BCUT2D eigenvalue weighted by molar-refractivity contribution is -0.148. The number of amides is 1. The molecule has 2 N–H and O–H groups in total. The van der Waals surface area contributed by atoms with Crippen LogP contribution in [0.4, 0.5) is 5.69 Å². The fourth-order valence-corrected chi connectivity index (χ4v) is 2.77. The van der Waals surface area contributed by atoms with Gasteiger partial charge >= 0.3 is 5.97 Å². The van der Waals surface area contributed by atoms with Crippen LogP contribution >= 0.6 is 11.6 Å². The molecule has 0 unspecified atom stereocenters. The minimum Gasteiger partial charge on any atom is -0.454 e. The van der Waals surface area contributed by atoms with Crippen molar-refractivity contribution in [1.82, 2.24) is 9.78 Å². The summed E-state index contributed by atoms with van der Waals surface area (Å²) in [4.78, 5) is 48.3. The average molecular weight is 402 g/mol. The second-order valence-corrected chi connectivity index (χ2v) is 6.48. The number of ether oxygens (including phenoxy) is 1. The van der Waals surface area contributed by atoms with Crippen molar-refractivity contribution in [1.29, 1.82) is 0 Å². The number of nitrogens with one attached hydrogen (secondary N) is 2. The minimum absolute atomic E-state index is 0.188. The number of nitrogens with zero attached hydrogens (tertiary/aromatic N) is 1. The molecule has 144 valence electrons. The van der Waals surface area contributed by atoms with Crippen LogP contribution in [0.5, 0.6) is 0 Å². The standard InChI is InChI=1S/C19H16ClN3O5/c1-11-6-7-12(20)8-15(11)21-16(24)10-28-17(25)9-23-19(27)14-5-3-2-4-13(14)18(26)22-23/h2-8H,9-10H2,1H3,(H,21,24)(H,22,26). The smallest absolute Gasteiger partial charge is 0.328 e. The van der Waals surface area contributed by atoms with E-state index in [1.807, 2.05) is 0 Å². The molecule has 0 atom stereocenters. The van der Waals surface area contributed by atoms with E-state index in [1.54, 1.807) is 37.3 Å². The molecule has 28 heavy (non-hydrogen) atoms. The predicted octanol–water partition coefficient (Wildman–Crippen LogP) is 1.83. The van der Waals surface area contributed by atoms with E-state index in [4.69, 9.17) is 16.3 Å². The Kier molecular flexibility index (Phi) is 5.60. The normalized spacial score (nSPS) is 10.6. The van der Waals surface area contributed by atoms with Crippen LogP contribution in [0.25, 0.3) is 10.8 Å². The number of aromatic amines is 1. The number of esters is 1. The first-order valence-electron chi connectivity index (χ1n) is 8.28. The Morgan fingerprint density at radius 1 is 1.14 bits per heavy atom. The highest BCUT2D eigenvalue weighted by atomic mass is 35.5. The molecule has 0 saturated heterocycles. The van der Waals surface area contributed by atoms with Crippen molar-refractivity contribution in [3.05, 3.63) is 73.8 Å². The highest BCUT2D eigenvalue weighted by Crippen LogP contribution is 2.19. The Labute approximate surface area is 163 Å². The zero-order chi connectivity index (χ0) is 20.3. The summed E-state index contributed by atoms with van der Waals surface area (Å²) >= 11 is 5.89. The molecule has 2 aromatic carbocycles. The topological polar surface area (TPSA) is 110 Å². The lowest BCUT2D eigenvalue weighted by Crippen LogP contribution is -2.33. The summed E-state index contributed by atoms with van der Waals surface area (Å²) in [6.45, 7) is 0.722. The van der Waals surface area contributed by atoms with Crippen molar-refractivity contribution in [3.8, 4) is 0 Å². The summed E-state index contributed by atoms with van der Waals surface area (Å²) in [6, 6.07) is 11.3. The summed E-state index contributed by atoms with van der Waals surface area (Å²) in [5.41, 5.74) is 0.260. The van der Waals surface area contributed by atoms with E-state index >= 15 is 0 Å². The average Bonchev–Trinajstić information content (AvgIpc) is 2.67. The van der Waals surface area contributed by atoms with Gasteiger partial charge in [0.15, 0.2) is 6.61 Å². The molecule has 9 heteroatoms. The van der Waals surface area contributed by atoms with Crippen LogP contribution in [0.2, 0.25) is 5.02 Å². The molecular formula is C19H16ClN3O5. The lowest BCUT2D eigenvalue weighted by Gasteiger charge is -2.10. The van der Waals surface area contributed by atoms with E-state index in [2.05, 4.69) is 10.4 Å². The van der Waals surface area contributed by atoms with E-state index in [9.17, 15) is 19.2 Å². The molecule has 0 spiro atoms. The molecule has 8 nitrogen and oxygen atoms in total. The molecule has 0 aliphatic carbocycles. The van der Waals surface area contributed by atoms with Crippen molar-refractivity contribution < 1.29 is 14.3 Å². The number of hydrogen-bond donors (Lipinski definition) is 2. The number of fused-ring (bicyclic) bond motifs is 1. The van der Waals surface area contributed by atoms with Gasteiger partial charge in [0.1, 0.15) is 6.54 Å². The highest BCUT2D eigenvalue weighted by Gasteiger charge is 2.13. The maximum absolute atomic E-state index is 12.4. The van der Waals surface area contributed by atoms with E-state index in [0.29, 0.717) is 10.7 Å². The van der Waals surface area contributed by atoms with Crippen LogP contribution in [-0.4, -0.2) is 28.3 Å². The number of H-pyrrole nitrogens is 1. The van der Waals surface area contributed by atoms with Gasteiger partial charge in [-0.2, -0.15) is 0 Å². The lowest BCUT2D eigenvalue weighted by atomic mass is 10.2. The first-order valence-corrected chi connectivity index (χ1v) is 8.66. The fraction of sp³-hybridized carbons (Fsp3) is 0.158. The SMILES string of the molecule is Cc1ccc(Cl)cc1NC(=O)COC(=O)Cn1[nH]c(=O)c2ccccc2c1=O. The third-order valence-corrected chi connectivity index (χ3v) is 4.24. The minimum atomic E-state index is -0.842. The number of carbonyl (C=O) groups excluding carboxylic acids is 2. The summed E-state index contributed by atoms with van der Waals surface area (Å²) in [6.07, 6.45) is 0. The molecule has 0 saturated carbocycles. The number of hydrogen-bond acceptors (Lipinski definition) is 5. The van der Waals surface area contributed by atoms with E-state index in [0.717, 1.165) is 10.2 Å². The highest BCUT2D eigenvalue weighted by molar-refractivity contribution is 6.31. The van der Waals surface area contributed by atoms with Crippen LogP contribution in [0.1, 0.15) is 5.56 Å². The molecular weight excluding hydrogens is 386 g/mol. The number of benzene rings is 2. The van der Waals surface area contributed by atoms with Crippen molar-refractivity contribution in [3.63, 3.8) is 0 Å². The number of aromatic nitrogens is 2. The molecule has 0 radical (unpaired) electrons.